The molecule has 7 heteroatoms. The molecule has 132 valence electrons. The molecule has 0 aromatic heterocycles. The minimum absolute atomic E-state index is 0.0336. The van der Waals surface area contributed by atoms with Crippen molar-refractivity contribution in [1.82, 2.24) is 0 Å². The molecule has 0 heterocycles. The molecule has 0 aliphatic rings. The van der Waals surface area contributed by atoms with Gasteiger partial charge in [-0.2, -0.15) is 0 Å². The Kier molecular flexibility index (Phi) is 6.82. The maximum Gasteiger partial charge on any atom is 0.310 e. The number of halogens is 1. The van der Waals surface area contributed by atoms with E-state index in [0.29, 0.717) is 22.7 Å². The Hall–Kier alpha value is -2.54. The first-order valence-electron chi connectivity index (χ1n) is 7.43. The van der Waals surface area contributed by atoms with E-state index in [0.717, 1.165) is 4.47 Å². The molecule has 2 aromatic carbocycles. The van der Waals surface area contributed by atoms with Crippen LogP contribution in [0.3, 0.4) is 0 Å². The summed E-state index contributed by atoms with van der Waals surface area (Å²) in [5.41, 5.74) is 1.33. The Balaban J connectivity index is 1.84. The van der Waals surface area contributed by atoms with Gasteiger partial charge in [0.1, 0.15) is 0 Å². The molecule has 2 rings (SSSR count). The third-order valence-corrected chi connectivity index (χ3v) is 3.82. The normalized spacial score (nSPS) is 10.0. The highest BCUT2D eigenvalue weighted by atomic mass is 79.9. The number of hydrogen-bond acceptors (Lipinski definition) is 5. The Morgan fingerprint density at radius 2 is 1.68 bits per heavy atom. The molecule has 6 nitrogen and oxygen atoms in total. The van der Waals surface area contributed by atoms with Crippen molar-refractivity contribution in [2.75, 3.05) is 26.1 Å². The van der Waals surface area contributed by atoms with Gasteiger partial charge in [-0.25, -0.2) is 0 Å². The minimum atomic E-state index is -0.502. The molecular weight excluding hydrogens is 390 g/mol. The maximum absolute atomic E-state index is 11.9. The number of ether oxygens (including phenoxy) is 3. The SMILES string of the molecule is COc1ccc(CC(=O)OCC(=O)Nc2ccc(Br)cc2)cc1OC. The summed E-state index contributed by atoms with van der Waals surface area (Å²) < 4.78 is 16.2. The molecular formula is C18H18BrNO5. The lowest BCUT2D eigenvalue weighted by Gasteiger charge is -2.10. The van der Waals surface area contributed by atoms with Gasteiger partial charge in [0.15, 0.2) is 18.1 Å². The summed E-state index contributed by atoms with van der Waals surface area (Å²) in [4.78, 5) is 23.7. The number of amides is 1. The van der Waals surface area contributed by atoms with Crippen LogP contribution in [0.25, 0.3) is 0 Å². The van der Waals surface area contributed by atoms with Gasteiger partial charge in [0.05, 0.1) is 20.6 Å². The molecule has 0 aliphatic heterocycles. The molecule has 0 saturated carbocycles. The smallest absolute Gasteiger partial charge is 0.310 e. The van der Waals surface area contributed by atoms with Gasteiger partial charge in [-0.15, -0.1) is 0 Å². The molecule has 0 spiro atoms. The van der Waals surface area contributed by atoms with E-state index in [1.54, 1.807) is 42.5 Å². The average molecular weight is 408 g/mol. The maximum atomic E-state index is 11.9. The van der Waals surface area contributed by atoms with Crippen LogP contribution in [0.1, 0.15) is 5.56 Å². The summed E-state index contributed by atoms with van der Waals surface area (Å²) >= 11 is 3.31. The van der Waals surface area contributed by atoms with Crippen molar-refractivity contribution in [1.29, 1.82) is 0 Å². The fourth-order valence-corrected chi connectivity index (χ4v) is 2.35. The first-order valence-corrected chi connectivity index (χ1v) is 8.23. The Morgan fingerprint density at radius 1 is 1.00 bits per heavy atom. The van der Waals surface area contributed by atoms with Crippen LogP contribution in [0.2, 0.25) is 0 Å². The molecule has 0 radical (unpaired) electrons. The van der Waals surface area contributed by atoms with Crippen LogP contribution in [-0.4, -0.2) is 32.7 Å². The summed E-state index contributed by atoms with van der Waals surface area (Å²) in [6.07, 6.45) is 0.0336. The second kappa shape index (κ2) is 9.08. The van der Waals surface area contributed by atoms with Crippen molar-refractivity contribution in [3.63, 3.8) is 0 Å². The van der Waals surface area contributed by atoms with Crippen LogP contribution < -0.4 is 14.8 Å². The van der Waals surface area contributed by atoms with Crippen molar-refractivity contribution in [2.24, 2.45) is 0 Å². The Labute approximate surface area is 154 Å². The summed E-state index contributed by atoms with van der Waals surface area (Å²) in [7, 11) is 3.06. The van der Waals surface area contributed by atoms with Gasteiger partial charge < -0.3 is 19.5 Å². The zero-order valence-electron chi connectivity index (χ0n) is 13.9. The van der Waals surface area contributed by atoms with E-state index < -0.39 is 11.9 Å². The van der Waals surface area contributed by atoms with E-state index >= 15 is 0 Å². The predicted octanol–water partition coefficient (Wildman–Crippen LogP) is 3.19. The van der Waals surface area contributed by atoms with Crippen LogP contribution in [0.15, 0.2) is 46.9 Å². The van der Waals surface area contributed by atoms with E-state index in [-0.39, 0.29) is 13.0 Å². The van der Waals surface area contributed by atoms with E-state index in [1.807, 2.05) is 0 Å². The highest BCUT2D eigenvalue weighted by molar-refractivity contribution is 9.10. The fourth-order valence-electron chi connectivity index (χ4n) is 2.08. The lowest BCUT2D eigenvalue weighted by molar-refractivity contribution is -0.146. The summed E-state index contributed by atoms with van der Waals surface area (Å²) in [6, 6.07) is 12.2. The fraction of sp³-hybridized carbons (Fsp3) is 0.222. The average Bonchev–Trinajstić information content (AvgIpc) is 2.62. The van der Waals surface area contributed by atoms with Gasteiger partial charge in [-0.3, -0.25) is 9.59 Å². The van der Waals surface area contributed by atoms with Gasteiger partial charge >= 0.3 is 5.97 Å². The number of benzene rings is 2. The topological polar surface area (TPSA) is 73.9 Å². The second-order valence-electron chi connectivity index (χ2n) is 5.08. The zero-order valence-corrected chi connectivity index (χ0v) is 15.5. The number of anilines is 1. The van der Waals surface area contributed by atoms with E-state index in [9.17, 15) is 9.59 Å². The number of carbonyl (C=O) groups is 2. The summed E-state index contributed by atoms with van der Waals surface area (Å²) in [5.74, 6) is 0.204. The molecule has 0 saturated heterocycles. The van der Waals surface area contributed by atoms with Crippen molar-refractivity contribution < 1.29 is 23.8 Å². The molecule has 1 amide bonds. The molecule has 25 heavy (non-hydrogen) atoms. The van der Waals surface area contributed by atoms with Crippen LogP contribution in [-0.2, 0) is 20.7 Å². The van der Waals surface area contributed by atoms with Crippen molar-refractivity contribution >= 4 is 33.5 Å². The number of rotatable bonds is 7. The van der Waals surface area contributed by atoms with Crippen molar-refractivity contribution in [2.45, 2.75) is 6.42 Å². The van der Waals surface area contributed by atoms with E-state index in [1.165, 1.54) is 14.2 Å². The molecule has 2 aromatic rings. The lowest BCUT2D eigenvalue weighted by Crippen LogP contribution is -2.21. The molecule has 0 aliphatic carbocycles. The number of nitrogens with one attached hydrogen (secondary N) is 1. The van der Waals surface area contributed by atoms with Crippen molar-refractivity contribution in [3.05, 3.63) is 52.5 Å². The molecule has 0 fully saturated rings. The van der Waals surface area contributed by atoms with E-state index in [2.05, 4.69) is 21.2 Å². The monoisotopic (exact) mass is 407 g/mol. The third-order valence-electron chi connectivity index (χ3n) is 3.29. The number of esters is 1. The highest BCUT2D eigenvalue weighted by Crippen LogP contribution is 2.27. The Bertz CT molecular complexity index is 746. The van der Waals surface area contributed by atoms with Gasteiger partial charge in [0.25, 0.3) is 5.91 Å². The Morgan fingerprint density at radius 3 is 2.32 bits per heavy atom. The predicted molar refractivity (Wildman–Crippen MR) is 97.0 cm³/mol. The van der Waals surface area contributed by atoms with Crippen LogP contribution in [0, 0.1) is 0 Å². The van der Waals surface area contributed by atoms with Gasteiger partial charge in [0.2, 0.25) is 0 Å². The molecule has 0 bridgehead atoms. The second-order valence-corrected chi connectivity index (χ2v) is 6.00. The number of methoxy groups -OCH3 is 2. The minimum Gasteiger partial charge on any atom is -0.493 e. The zero-order chi connectivity index (χ0) is 18.2. The third kappa shape index (κ3) is 5.79. The van der Waals surface area contributed by atoms with Crippen molar-refractivity contribution in [3.8, 4) is 11.5 Å². The summed E-state index contributed by atoms with van der Waals surface area (Å²) in [5, 5.41) is 2.65. The van der Waals surface area contributed by atoms with Crippen LogP contribution in [0.4, 0.5) is 5.69 Å². The molecule has 0 atom stereocenters. The number of hydrogen-bond donors (Lipinski definition) is 1. The quantitative estimate of drug-likeness (QED) is 0.713. The number of carbonyl (C=O) groups excluding carboxylic acids is 2. The van der Waals surface area contributed by atoms with Crippen LogP contribution >= 0.6 is 15.9 Å². The van der Waals surface area contributed by atoms with Gasteiger partial charge in [-0.1, -0.05) is 22.0 Å². The van der Waals surface area contributed by atoms with Gasteiger partial charge in [0, 0.05) is 10.2 Å². The first-order chi connectivity index (χ1) is 12.0. The van der Waals surface area contributed by atoms with E-state index in [4.69, 9.17) is 14.2 Å². The largest absolute Gasteiger partial charge is 0.493 e. The molecule has 1 N–H and O–H groups in total. The molecule has 0 unspecified atom stereocenters. The highest BCUT2D eigenvalue weighted by Gasteiger charge is 2.11. The van der Waals surface area contributed by atoms with Gasteiger partial charge in [-0.05, 0) is 42.0 Å². The lowest BCUT2D eigenvalue weighted by atomic mass is 10.1. The standard InChI is InChI=1S/C18H18BrNO5/c1-23-15-8-3-12(9-16(15)24-2)10-18(22)25-11-17(21)20-14-6-4-13(19)5-7-14/h3-9H,10-11H2,1-2H3,(H,20,21). The summed E-state index contributed by atoms with van der Waals surface area (Å²) in [6.45, 7) is -0.345. The first kappa shape index (κ1) is 18.8. The van der Waals surface area contributed by atoms with Crippen LogP contribution in [0.5, 0.6) is 11.5 Å².